The van der Waals surface area contributed by atoms with Crippen molar-refractivity contribution in [3.05, 3.63) is 92.1 Å². The number of aromatic nitrogens is 4. The zero-order valence-electron chi connectivity index (χ0n) is 20.4. The minimum absolute atomic E-state index is 0.394. The van der Waals surface area contributed by atoms with E-state index in [-0.39, 0.29) is 0 Å². The minimum atomic E-state index is -0.447. The molecule has 3 heterocycles. The molecule has 8 nitrogen and oxygen atoms in total. The molecule has 1 saturated heterocycles. The fourth-order valence-electron chi connectivity index (χ4n) is 4.93. The highest BCUT2D eigenvalue weighted by atomic mass is 16.2. The van der Waals surface area contributed by atoms with Gasteiger partial charge in [-0.1, -0.05) is 60.2 Å². The van der Waals surface area contributed by atoms with E-state index in [0.29, 0.717) is 17.7 Å². The van der Waals surface area contributed by atoms with Crippen LogP contribution >= 0.6 is 0 Å². The van der Waals surface area contributed by atoms with Crippen LogP contribution in [0.4, 0.5) is 5.95 Å². The summed E-state index contributed by atoms with van der Waals surface area (Å²) >= 11 is 0. The van der Waals surface area contributed by atoms with E-state index in [1.165, 1.54) is 15.7 Å². The standard InChI is InChI=1S/C27H32N6O2/c1-20-8-6-11-22(18-20)19-33-23-24(30(2)27(35)29-25(23)34)28-26(33)32-16-14-31(15-17-32)13-7-12-21-9-4-3-5-10-21/h3-6,8-11,18H,7,12-17,19H2,1-2H3,(H,29,34,35). The lowest BCUT2D eigenvalue weighted by atomic mass is 10.1. The number of nitrogens with one attached hydrogen (secondary N) is 1. The van der Waals surface area contributed by atoms with Gasteiger partial charge in [0.2, 0.25) is 5.95 Å². The van der Waals surface area contributed by atoms with Gasteiger partial charge in [-0.05, 0) is 37.4 Å². The molecule has 1 fully saturated rings. The zero-order valence-corrected chi connectivity index (χ0v) is 20.4. The van der Waals surface area contributed by atoms with Gasteiger partial charge in [-0.2, -0.15) is 4.98 Å². The third-order valence-electron chi connectivity index (χ3n) is 6.85. The molecular weight excluding hydrogens is 440 g/mol. The van der Waals surface area contributed by atoms with Crippen molar-refractivity contribution in [2.75, 3.05) is 37.6 Å². The van der Waals surface area contributed by atoms with Gasteiger partial charge in [0, 0.05) is 33.2 Å². The summed E-state index contributed by atoms with van der Waals surface area (Å²) in [6.07, 6.45) is 2.22. The average Bonchev–Trinajstić information content (AvgIpc) is 3.23. The molecule has 182 valence electrons. The van der Waals surface area contributed by atoms with Crippen molar-refractivity contribution in [1.29, 1.82) is 0 Å². The predicted octanol–water partition coefficient (Wildman–Crippen LogP) is 2.53. The molecule has 0 aliphatic carbocycles. The molecule has 1 aliphatic heterocycles. The van der Waals surface area contributed by atoms with E-state index >= 15 is 0 Å². The Hall–Kier alpha value is -3.65. The first-order valence-corrected chi connectivity index (χ1v) is 12.3. The van der Waals surface area contributed by atoms with Crippen LogP contribution in [-0.2, 0) is 20.0 Å². The summed E-state index contributed by atoms with van der Waals surface area (Å²) in [6, 6.07) is 18.9. The molecule has 1 N–H and O–H groups in total. The Bertz CT molecular complexity index is 1430. The fourth-order valence-corrected chi connectivity index (χ4v) is 4.93. The Balaban J connectivity index is 1.37. The zero-order chi connectivity index (χ0) is 24.4. The van der Waals surface area contributed by atoms with E-state index in [9.17, 15) is 9.59 Å². The Labute approximate surface area is 204 Å². The minimum Gasteiger partial charge on any atom is -0.340 e. The van der Waals surface area contributed by atoms with E-state index in [1.807, 2.05) is 10.6 Å². The van der Waals surface area contributed by atoms with Gasteiger partial charge in [0.15, 0.2) is 11.2 Å². The maximum absolute atomic E-state index is 12.9. The molecule has 1 aliphatic rings. The van der Waals surface area contributed by atoms with Gasteiger partial charge in [0.25, 0.3) is 5.56 Å². The van der Waals surface area contributed by atoms with Crippen molar-refractivity contribution >= 4 is 17.1 Å². The van der Waals surface area contributed by atoms with Crippen LogP contribution in [0.1, 0.15) is 23.1 Å². The van der Waals surface area contributed by atoms with Gasteiger partial charge >= 0.3 is 5.69 Å². The van der Waals surface area contributed by atoms with Gasteiger partial charge in [-0.15, -0.1) is 0 Å². The number of benzene rings is 2. The smallest absolute Gasteiger partial charge is 0.329 e. The number of fused-ring (bicyclic) bond motifs is 1. The number of hydrogen-bond acceptors (Lipinski definition) is 5. The molecule has 2 aromatic carbocycles. The van der Waals surface area contributed by atoms with Crippen LogP contribution in [0.3, 0.4) is 0 Å². The number of aromatic amines is 1. The van der Waals surface area contributed by atoms with E-state index in [1.54, 1.807) is 7.05 Å². The molecule has 35 heavy (non-hydrogen) atoms. The fraction of sp³-hybridized carbons (Fsp3) is 0.370. The Morgan fingerprint density at radius 3 is 2.43 bits per heavy atom. The van der Waals surface area contributed by atoms with Crippen LogP contribution in [0.15, 0.2) is 64.2 Å². The molecule has 0 bridgehead atoms. The second-order valence-corrected chi connectivity index (χ2v) is 9.40. The van der Waals surface area contributed by atoms with Gasteiger partial charge in [0.1, 0.15) is 0 Å². The van der Waals surface area contributed by atoms with E-state index in [4.69, 9.17) is 4.98 Å². The highest BCUT2D eigenvalue weighted by molar-refractivity contribution is 5.74. The monoisotopic (exact) mass is 472 g/mol. The highest BCUT2D eigenvalue weighted by Crippen LogP contribution is 2.23. The van der Waals surface area contributed by atoms with Crippen molar-refractivity contribution in [3.63, 3.8) is 0 Å². The molecule has 0 spiro atoms. The van der Waals surface area contributed by atoms with E-state index in [0.717, 1.165) is 57.1 Å². The molecular formula is C27H32N6O2. The summed E-state index contributed by atoms with van der Waals surface area (Å²) in [6.45, 7) is 7.19. The van der Waals surface area contributed by atoms with Crippen LogP contribution in [0, 0.1) is 6.92 Å². The first kappa shape index (κ1) is 23.1. The third-order valence-corrected chi connectivity index (χ3v) is 6.85. The maximum Gasteiger partial charge on any atom is 0.329 e. The second kappa shape index (κ2) is 9.92. The quantitative estimate of drug-likeness (QED) is 0.447. The molecule has 0 unspecified atom stereocenters. The second-order valence-electron chi connectivity index (χ2n) is 9.40. The van der Waals surface area contributed by atoms with Crippen molar-refractivity contribution in [3.8, 4) is 0 Å². The number of imidazole rings is 1. The molecule has 0 saturated carbocycles. The Morgan fingerprint density at radius 2 is 1.69 bits per heavy atom. The molecule has 0 radical (unpaired) electrons. The van der Waals surface area contributed by atoms with Gasteiger partial charge in [-0.3, -0.25) is 23.8 Å². The summed E-state index contributed by atoms with van der Waals surface area (Å²) in [7, 11) is 1.65. The lowest BCUT2D eigenvalue weighted by Crippen LogP contribution is -2.47. The lowest BCUT2D eigenvalue weighted by molar-refractivity contribution is 0.253. The van der Waals surface area contributed by atoms with Crippen LogP contribution < -0.4 is 16.1 Å². The Kier molecular flexibility index (Phi) is 6.55. The molecule has 5 rings (SSSR count). The number of rotatable bonds is 7. The number of nitrogens with zero attached hydrogens (tertiary/aromatic N) is 5. The van der Waals surface area contributed by atoms with E-state index in [2.05, 4.69) is 70.2 Å². The maximum atomic E-state index is 12.9. The summed E-state index contributed by atoms with van der Waals surface area (Å²) in [5.41, 5.74) is 3.66. The molecule has 0 atom stereocenters. The topological polar surface area (TPSA) is 79.2 Å². The summed E-state index contributed by atoms with van der Waals surface area (Å²) < 4.78 is 3.39. The summed E-state index contributed by atoms with van der Waals surface area (Å²) in [5.74, 6) is 0.747. The molecule has 8 heteroatoms. The van der Waals surface area contributed by atoms with Crippen molar-refractivity contribution in [2.45, 2.75) is 26.3 Å². The molecule has 2 aromatic heterocycles. The lowest BCUT2D eigenvalue weighted by Gasteiger charge is -2.35. The summed E-state index contributed by atoms with van der Waals surface area (Å²) in [4.78, 5) is 37.1. The van der Waals surface area contributed by atoms with Gasteiger partial charge < -0.3 is 4.90 Å². The van der Waals surface area contributed by atoms with Crippen LogP contribution in [0.2, 0.25) is 0 Å². The number of piperazine rings is 1. The summed E-state index contributed by atoms with van der Waals surface area (Å²) in [5, 5.41) is 0. The number of hydrogen-bond donors (Lipinski definition) is 1. The number of H-pyrrole nitrogens is 1. The van der Waals surface area contributed by atoms with Gasteiger partial charge in [0.05, 0.1) is 6.54 Å². The van der Waals surface area contributed by atoms with E-state index < -0.39 is 11.2 Å². The first-order valence-electron chi connectivity index (χ1n) is 12.3. The number of aryl methyl sites for hydroxylation is 3. The highest BCUT2D eigenvalue weighted by Gasteiger charge is 2.25. The van der Waals surface area contributed by atoms with Crippen LogP contribution in [0.25, 0.3) is 11.2 Å². The molecule has 0 amide bonds. The van der Waals surface area contributed by atoms with Gasteiger partial charge in [-0.25, -0.2) is 4.79 Å². The first-order chi connectivity index (χ1) is 17.0. The largest absolute Gasteiger partial charge is 0.340 e. The number of anilines is 1. The normalized spacial score (nSPS) is 14.6. The average molecular weight is 473 g/mol. The SMILES string of the molecule is Cc1cccc(Cn2c(N3CCN(CCCc4ccccc4)CC3)nc3c2c(=O)[nH]c(=O)n3C)c1. The Morgan fingerprint density at radius 1 is 0.943 bits per heavy atom. The third kappa shape index (κ3) is 4.93. The van der Waals surface area contributed by atoms with Crippen molar-refractivity contribution in [1.82, 2.24) is 24.0 Å². The molecule has 4 aromatic rings. The van der Waals surface area contributed by atoms with Crippen molar-refractivity contribution in [2.24, 2.45) is 7.05 Å². The predicted molar refractivity (Wildman–Crippen MR) is 139 cm³/mol. The van der Waals surface area contributed by atoms with Crippen LogP contribution in [-0.4, -0.2) is 56.7 Å². The van der Waals surface area contributed by atoms with Crippen molar-refractivity contribution < 1.29 is 0 Å². The van der Waals surface area contributed by atoms with Crippen LogP contribution in [0.5, 0.6) is 0 Å².